The summed E-state index contributed by atoms with van der Waals surface area (Å²) in [6, 6.07) is 14.0. The van der Waals surface area contributed by atoms with Gasteiger partial charge < -0.3 is 25.4 Å². The minimum absolute atomic E-state index is 0. The molecule has 1 aliphatic heterocycles. The highest BCUT2D eigenvalue weighted by atomic mass is 35.5. The zero-order chi connectivity index (χ0) is 19.9. The summed E-state index contributed by atoms with van der Waals surface area (Å²) in [4.78, 5) is 26.5. The van der Waals surface area contributed by atoms with E-state index in [1.165, 1.54) is 0 Å². The lowest BCUT2D eigenvalue weighted by atomic mass is 10.1. The number of hydrogen-bond donors (Lipinski definition) is 2. The van der Waals surface area contributed by atoms with Gasteiger partial charge in [0, 0.05) is 36.4 Å². The minimum atomic E-state index is -0.281. The summed E-state index contributed by atoms with van der Waals surface area (Å²) in [6.45, 7) is 1.09. The number of likely N-dealkylation sites (tertiary alicyclic amines) is 1. The molecule has 2 amide bonds. The van der Waals surface area contributed by atoms with Crippen LogP contribution in [0.5, 0.6) is 11.5 Å². The molecule has 0 radical (unpaired) electrons. The van der Waals surface area contributed by atoms with Gasteiger partial charge in [0.15, 0.2) is 6.61 Å². The predicted octanol–water partition coefficient (Wildman–Crippen LogP) is 2.70. The molecule has 1 unspecified atom stereocenters. The van der Waals surface area contributed by atoms with Gasteiger partial charge in [-0.2, -0.15) is 0 Å². The second-order valence-corrected chi connectivity index (χ2v) is 6.62. The van der Waals surface area contributed by atoms with Crippen LogP contribution in [0, 0.1) is 0 Å². The fraction of sp³-hybridized carbons (Fsp3) is 0.333. The van der Waals surface area contributed by atoms with Gasteiger partial charge in [-0.3, -0.25) is 9.59 Å². The maximum atomic E-state index is 12.6. The van der Waals surface area contributed by atoms with E-state index < -0.39 is 0 Å². The number of halogens is 1. The number of amides is 2. The van der Waals surface area contributed by atoms with Crippen molar-refractivity contribution >= 4 is 29.9 Å². The number of methoxy groups -OCH3 is 1. The summed E-state index contributed by atoms with van der Waals surface area (Å²) in [5.41, 5.74) is 6.97. The molecule has 0 saturated carbocycles. The molecular weight excluding hydrogens is 394 g/mol. The third kappa shape index (κ3) is 5.85. The van der Waals surface area contributed by atoms with Crippen molar-refractivity contribution in [2.75, 3.05) is 32.1 Å². The maximum absolute atomic E-state index is 12.6. The molecule has 0 spiro atoms. The fourth-order valence-corrected chi connectivity index (χ4v) is 3.25. The van der Waals surface area contributed by atoms with E-state index >= 15 is 0 Å². The summed E-state index contributed by atoms with van der Waals surface area (Å²) >= 11 is 0. The average Bonchev–Trinajstić information content (AvgIpc) is 3.21. The number of anilines is 1. The molecule has 2 aromatic carbocycles. The molecule has 3 N–H and O–H groups in total. The van der Waals surface area contributed by atoms with Crippen LogP contribution in [0.1, 0.15) is 23.2 Å². The van der Waals surface area contributed by atoms with Crippen LogP contribution in [-0.2, 0) is 4.79 Å². The molecule has 1 fully saturated rings. The lowest BCUT2D eigenvalue weighted by Gasteiger charge is -2.23. The molecule has 7 nitrogen and oxygen atoms in total. The summed E-state index contributed by atoms with van der Waals surface area (Å²) in [5, 5.41) is 2.75. The first-order valence-corrected chi connectivity index (χ1v) is 9.28. The van der Waals surface area contributed by atoms with Crippen molar-refractivity contribution in [1.82, 2.24) is 4.90 Å². The zero-order valence-electron chi connectivity index (χ0n) is 16.3. The van der Waals surface area contributed by atoms with Crippen LogP contribution >= 0.6 is 12.4 Å². The van der Waals surface area contributed by atoms with Crippen LogP contribution in [0.4, 0.5) is 5.69 Å². The van der Waals surface area contributed by atoms with Crippen LogP contribution in [0.25, 0.3) is 0 Å². The third-order valence-electron chi connectivity index (χ3n) is 4.73. The van der Waals surface area contributed by atoms with E-state index in [4.69, 9.17) is 15.2 Å². The minimum Gasteiger partial charge on any atom is -0.497 e. The topological polar surface area (TPSA) is 93.9 Å². The molecule has 29 heavy (non-hydrogen) atoms. The first-order valence-electron chi connectivity index (χ1n) is 9.28. The van der Waals surface area contributed by atoms with Crippen molar-refractivity contribution in [2.24, 2.45) is 5.73 Å². The van der Waals surface area contributed by atoms with Crippen molar-refractivity contribution in [3.8, 4) is 11.5 Å². The van der Waals surface area contributed by atoms with Gasteiger partial charge >= 0.3 is 0 Å². The van der Waals surface area contributed by atoms with Crippen molar-refractivity contribution in [2.45, 2.75) is 18.9 Å². The fourth-order valence-electron chi connectivity index (χ4n) is 3.25. The Bertz CT molecular complexity index is 829. The number of carbonyl (C=O) groups is 2. The van der Waals surface area contributed by atoms with Crippen LogP contribution in [0.2, 0.25) is 0 Å². The molecule has 8 heteroatoms. The smallest absolute Gasteiger partial charge is 0.262 e. The highest BCUT2D eigenvalue weighted by Crippen LogP contribution is 2.21. The van der Waals surface area contributed by atoms with Crippen LogP contribution < -0.4 is 20.5 Å². The van der Waals surface area contributed by atoms with E-state index in [0.29, 0.717) is 29.3 Å². The number of nitrogens with two attached hydrogens (primary N) is 1. The van der Waals surface area contributed by atoms with Gasteiger partial charge in [-0.15, -0.1) is 12.4 Å². The number of nitrogens with one attached hydrogen (secondary N) is 1. The second-order valence-electron chi connectivity index (χ2n) is 6.62. The normalized spacial score (nSPS) is 15.4. The van der Waals surface area contributed by atoms with Gasteiger partial charge in [-0.05, 0) is 49.2 Å². The van der Waals surface area contributed by atoms with E-state index in [2.05, 4.69) is 5.32 Å². The van der Waals surface area contributed by atoms with E-state index in [-0.39, 0.29) is 36.9 Å². The molecule has 156 valence electrons. The lowest BCUT2D eigenvalue weighted by molar-refractivity contribution is -0.118. The van der Waals surface area contributed by atoms with Crippen LogP contribution in [-0.4, -0.2) is 49.6 Å². The number of benzene rings is 2. The molecule has 0 aliphatic carbocycles. The number of ether oxygens (including phenoxy) is 2. The average molecular weight is 420 g/mol. The first kappa shape index (κ1) is 22.5. The molecular formula is C21H26ClN3O4. The largest absolute Gasteiger partial charge is 0.497 e. The number of rotatable bonds is 7. The molecule has 1 atom stereocenters. The Morgan fingerprint density at radius 2 is 1.93 bits per heavy atom. The van der Waals surface area contributed by atoms with Crippen LogP contribution in [0.3, 0.4) is 0 Å². The molecule has 2 aromatic rings. The number of carbonyl (C=O) groups excluding carboxylic acids is 2. The maximum Gasteiger partial charge on any atom is 0.262 e. The first-order chi connectivity index (χ1) is 13.6. The van der Waals surface area contributed by atoms with Crippen molar-refractivity contribution in [3.63, 3.8) is 0 Å². The Balaban J connectivity index is 0.00000300. The predicted molar refractivity (Wildman–Crippen MR) is 114 cm³/mol. The van der Waals surface area contributed by atoms with Crippen molar-refractivity contribution in [3.05, 3.63) is 54.1 Å². The van der Waals surface area contributed by atoms with E-state index in [0.717, 1.165) is 19.4 Å². The van der Waals surface area contributed by atoms with Gasteiger partial charge in [0.05, 0.1) is 7.11 Å². The summed E-state index contributed by atoms with van der Waals surface area (Å²) in [5.74, 6) is 0.884. The quantitative estimate of drug-likeness (QED) is 0.719. The van der Waals surface area contributed by atoms with Crippen molar-refractivity contribution in [1.29, 1.82) is 0 Å². The Hall–Kier alpha value is -2.77. The number of hydrogen-bond acceptors (Lipinski definition) is 5. The Morgan fingerprint density at radius 3 is 2.62 bits per heavy atom. The third-order valence-corrected chi connectivity index (χ3v) is 4.73. The SMILES string of the molecule is COc1cccc(NC(=O)COc2ccc(C(=O)N3CCCC3CN)cc2)c1.Cl. The second kappa shape index (κ2) is 10.7. The van der Waals surface area contributed by atoms with E-state index in [9.17, 15) is 9.59 Å². The van der Waals surface area contributed by atoms with E-state index in [1.54, 1.807) is 55.6 Å². The van der Waals surface area contributed by atoms with Gasteiger partial charge in [0.2, 0.25) is 0 Å². The lowest BCUT2D eigenvalue weighted by Crippen LogP contribution is -2.39. The van der Waals surface area contributed by atoms with Gasteiger partial charge in [-0.1, -0.05) is 6.07 Å². The summed E-state index contributed by atoms with van der Waals surface area (Å²) in [6.07, 6.45) is 1.93. The highest BCUT2D eigenvalue weighted by Gasteiger charge is 2.28. The zero-order valence-corrected chi connectivity index (χ0v) is 17.1. The summed E-state index contributed by atoms with van der Waals surface area (Å²) < 4.78 is 10.6. The molecule has 1 heterocycles. The summed E-state index contributed by atoms with van der Waals surface area (Å²) in [7, 11) is 1.57. The van der Waals surface area contributed by atoms with Gasteiger partial charge in [0.1, 0.15) is 11.5 Å². The number of nitrogens with zero attached hydrogens (tertiary/aromatic N) is 1. The van der Waals surface area contributed by atoms with Crippen molar-refractivity contribution < 1.29 is 19.1 Å². The Labute approximate surface area is 176 Å². The molecule has 1 aliphatic rings. The van der Waals surface area contributed by atoms with E-state index in [1.807, 2.05) is 4.90 Å². The van der Waals surface area contributed by atoms with Gasteiger partial charge in [0.25, 0.3) is 11.8 Å². The standard InChI is InChI=1S/C21H25N3O4.ClH/c1-27-19-6-2-4-16(12-19)23-20(25)14-28-18-9-7-15(8-10-18)21(26)24-11-3-5-17(24)13-22;/h2,4,6-10,12,17H,3,5,11,13-14,22H2,1H3,(H,23,25);1H. The highest BCUT2D eigenvalue weighted by molar-refractivity contribution is 5.95. The Morgan fingerprint density at radius 1 is 1.17 bits per heavy atom. The van der Waals surface area contributed by atoms with Crippen LogP contribution in [0.15, 0.2) is 48.5 Å². The Kier molecular flexibility index (Phi) is 8.30. The molecule has 1 saturated heterocycles. The monoisotopic (exact) mass is 419 g/mol. The molecule has 0 aromatic heterocycles. The molecule has 3 rings (SSSR count). The molecule has 0 bridgehead atoms. The van der Waals surface area contributed by atoms with Gasteiger partial charge in [-0.25, -0.2) is 0 Å².